The van der Waals surface area contributed by atoms with E-state index in [1.165, 1.54) is 13.8 Å². The third-order valence-electron chi connectivity index (χ3n) is 2.90. The number of Topliss-reactive ketones (excluding diaryl/α,β-unsaturated/α-hetero) is 1. The summed E-state index contributed by atoms with van der Waals surface area (Å²) in [4.78, 5) is 23.3. The van der Waals surface area contributed by atoms with Gasteiger partial charge in [-0.3, -0.25) is 14.9 Å². The van der Waals surface area contributed by atoms with Crippen LogP contribution in [0.4, 0.5) is 0 Å². The maximum Gasteiger partial charge on any atom is 0.250 e. The Bertz CT molecular complexity index is 621. The van der Waals surface area contributed by atoms with Gasteiger partial charge in [0.25, 0.3) is 5.78 Å². The van der Waals surface area contributed by atoms with Gasteiger partial charge in [-0.25, -0.2) is 0 Å². The summed E-state index contributed by atoms with van der Waals surface area (Å²) >= 11 is 12.1. The molecule has 5 nitrogen and oxygen atoms in total. The maximum absolute atomic E-state index is 12.2. The number of hydrogen-bond donors (Lipinski definition) is 2. The molecule has 0 saturated heterocycles. The summed E-state index contributed by atoms with van der Waals surface area (Å²) in [5.74, 6) is -2.18. The lowest BCUT2D eigenvalue weighted by atomic mass is 9.91. The predicted octanol–water partition coefficient (Wildman–Crippen LogP) is 2.67. The van der Waals surface area contributed by atoms with Crippen LogP contribution in [-0.2, 0) is 19.9 Å². The Hall–Kier alpha value is -1.72. The number of aliphatic hydroxyl groups excluding tert-OH is 1. The van der Waals surface area contributed by atoms with Crippen LogP contribution in [0.15, 0.2) is 29.8 Å². The van der Waals surface area contributed by atoms with Crippen molar-refractivity contribution >= 4 is 34.9 Å². The van der Waals surface area contributed by atoms with Crippen molar-refractivity contribution in [3.63, 3.8) is 0 Å². The second-order valence-electron chi connectivity index (χ2n) is 4.42. The van der Waals surface area contributed by atoms with Crippen LogP contribution in [0, 0.1) is 0 Å². The Labute approximate surface area is 125 Å². The molecule has 1 unspecified atom stereocenters. The van der Waals surface area contributed by atoms with Crippen LogP contribution in [0.2, 0.25) is 10.0 Å². The Balaban J connectivity index is 2.49. The minimum atomic E-state index is -1.59. The van der Waals surface area contributed by atoms with Crippen LogP contribution in [0.1, 0.15) is 19.4 Å². The van der Waals surface area contributed by atoms with E-state index in [-0.39, 0.29) is 21.5 Å². The molecular weight excluding hydrogens is 305 g/mol. The van der Waals surface area contributed by atoms with Crippen molar-refractivity contribution in [3.05, 3.63) is 45.5 Å². The molecule has 106 valence electrons. The van der Waals surface area contributed by atoms with Crippen LogP contribution in [-0.4, -0.2) is 16.8 Å². The fourth-order valence-corrected chi connectivity index (χ4v) is 2.75. The number of benzene rings is 1. The lowest BCUT2D eigenvalue weighted by Gasteiger charge is -2.25. The summed E-state index contributed by atoms with van der Waals surface area (Å²) < 4.78 is 5.41. The number of ketones is 1. The molecule has 7 heteroatoms. The van der Waals surface area contributed by atoms with Gasteiger partial charge in [-0.15, -0.1) is 0 Å². The molecule has 1 atom stereocenters. The normalized spacial score (nSPS) is 21.9. The van der Waals surface area contributed by atoms with Gasteiger partial charge in [-0.1, -0.05) is 29.3 Å². The Morgan fingerprint density at radius 3 is 2.40 bits per heavy atom. The Morgan fingerprint density at radius 2 is 1.90 bits per heavy atom. The molecule has 0 bridgehead atoms. The van der Waals surface area contributed by atoms with E-state index in [1.807, 2.05) is 0 Å². The molecule has 0 aliphatic carbocycles. The molecule has 0 fully saturated rings. The number of rotatable bonds is 2. The highest BCUT2D eigenvalue weighted by molar-refractivity contribution is 6.36. The number of amides is 1. The number of carbonyl (C=O) groups excluding carboxylic acids is 2. The molecule has 0 spiro atoms. The van der Waals surface area contributed by atoms with E-state index >= 15 is 0 Å². The van der Waals surface area contributed by atoms with Gasteiger partial charge in [0.2, 0.25) is 23.2 Å². The van der Waals surface area contributed by atoms with Crippen molar-refractivity contribution in [3.8, 4) is 0 Å². The lowest BCUT2D eigenvalue weighted by molar-refractivity contribution is -0.132. The van der Waals surface area contributed by atoms with Crippen molar-refractivity contribution in [1.82, 2.24) is 5.32 Å². The van der Waals surface area contributed by atoms with Gasteiger partial charge >= 0.3 is 0 Å². The van der Waals surface area contributed by atoms with Crippen LogP contribution in [0.3, 0.4) is 0 Å². The van der Waals surface area contributed by atoms with Gasteiger partial charge in [0.05, 0.1) is 0 Å². The van der Waals surface area contributed by atoms with Gasteiger partial charge in [-0.05, 0) is 19.1 Å². The first-order chi connectivity index (χ1) is 9.27. The highest BCUT2D eigenvalue weighted by atomic mass is 35.5. The zero-order valence-electron chi connectivity index (χ0n) is 10.7. The summed E-state index contributed by atoms with van der Waals surface area (Å²) in [6, 6.07) is 4.73. The highest BCUT2D eigenvalue weighted by Gasteiger charge is 2.50. The zero-order valence-corrected chi connectivity index (χ0v) is 12.2. The van der Waals surface area contributed by atoms with E-state index in [2.05, 4.69) is 5.32 Å². The molecular formula is C13H11Cl2NO4. The summed E-state index contributed by atoms with van der Waals surface area (Å²) in [5, 5.41) is 12.5. The number of ether oxygens (including phenoxy) is 1. The molecule has 0 aromatic heterocycles. The lowest BCUT2D eigenvalue weighted by Crippen LogP contribution is -2.32. The Kier molecular flexibility index (Phi) is 3.67. The molecule has 20 heavy (non-hydrogen) atoms. The quantitative estimate of drug-likeness (QED) is 0.879. The first-order valence-corrected chi connectivity index (χ1v) is 6.42. The minimum Gasteiger partial charge on any atom is -0.501 e. The van der Waals surface area contributed by atoms with Crippen LogP contribution in [0.5, 0.6) is 0 Å². The largest absolute Gasteiger partial charge is 0.501 e. The number of nitrogens with one attached hydrogen (secondary N) is 1. The third-order valence-corrected chi connectivity index (χ3v) is 3.53. The van der Waals surface area contributed by atoms with E-state index in [0.29, 0.717) is 0 Å². The average molecular weight is 316 g/mol. The van der Waals surface area contributed by atoms with Gasteiger partial charge in [0.15, 0.2) is 0 Å². The Morgan fingerprint density at radius 1 is 1.35 bits per heavy atom. The SMILES string of the molecule is CC(=O)NC1=C(O)C(=O)C(C)(c2c(Cl)cccc2Cl)O1. The smallest absolute Gasteiger partial charge is 0.250 e. The molecule has 1 aliphatic heterocycles. The second kappa shape index (κ2) is 5.00. The molecule has 2 rings (SSSR count). The number of halogens is 2. The zero-order chi connectivity index (χ0) is 15.1. The average Bonchev–Trinajstić information content (AvgIpc) is 2.54. The van der Waals surface area contributed by atoms with E-state index in [0.717, 1.165) is 0 Å². The van der Waals surface area contributed by atoms with E-state index in [1.54, 1.807) is 18.2 Å². The van der Waals surface area contributed by atoms with Crippen molar-refractivity contribution < 1.29 is 19.4 Å². The topological polar surface area (TPSA) is 75.6 Å². The molecule has 1 amide bonds. The van der Waals surface area contributed by atoms with Crippen molar-refractivity contribution in [2.24, 2.45) is 0 Å². The van der Waals surface area contributed by atoms with Crippen LogP contribution < -0.4 is 5.32 Å². The standard InChI is InChI=1S/C13H11Cl2NO4/c1-6(17)16-12-10(18)11(19)13(2,20-12)9-7(14)4-3-5-8(9)15/h3-5,18H,1-2H3,(H,16,17). The van der Waals surface area contributed by atoms with Crippen molar-refractivity contribution in [2.75, 3.05) is 0 Å². The molecule has 1 aromatic rings. The third kappa shape index (κ3) is 2.23. The number of aliphatic hydroxyl groups is 1. The summed E-state index contributed by atoms with van der Waals surface area (Å²) in [6.45, 7) is 2.65. The van der Waals surface area contributed by atoms with E-state index < -0.39 is 23.1 Å². The van der Waals surface area contributed by atoms with Crippen LogP contribution in [0.25, 0.3) is 0 Å². The molecule has 1 aromatic carbocycles. The van der Waals surface area contributed by atoms with E-state index in [9.17, 15) is 14.7 Å². The molecule has 1 heterocycles. The highest BCUT2D eigenvalue weighted by Crippen LogP contribution is 2.43. The van der Waals surface area contributed by atoms with Crippen molar-refractivity contribution in [1.29, 1.82) is 0 Å². The number of carbonyl (C=O) groups is 2. The monoisotopic (exact) mass is 315 g/mol. The molecule has 2 N–H and O–H groups in total. The maximum atomic E-state index is 12.2. The first kappa shape index (κ1) is 14.7. The van der Waals surface area contributed by atoms with E-state index in [4.69, 9.17) is 27.9 Å². The van der Waals surface area contributed by atoms with Gasteiger partial charge in [0, 0.05) is 22.5 Å². The molecule has 1 aliphatic rings. The van der Waals surface area contributed by atoms with Gasteiger partial charge in [-0.2, -0.15) is 0 Å². The molecule has 0 saturated carbocycles. The van der Waals surface area contributed by atoms with Gasteiger partial charge < -0.3 is 9.84 Å². The fourth-order valence-electron chi connectivity index (χ4n) is 1.99. The second-order valence-corrected chi connectivity index (χ2v) is 5.23. The first-order valence-electron chi connectivity index (χ1n) is 5.66. The minimum absolute atomic E-state index is 0.227. The fraction of sp³-hybridized carbons (Fsp3) is 0.231. The van der Waals surface area contributed by atoms with Gasteiger partial charge in [0.1, 0.15) is 0 Å². The summed E-state index contributed by atoms with van der Waals surface area (Å²) in [5.41, 5.74) is -1.35. The van der Waals surface area contributed by atoms with Crippen molar-refractivity contribution in [2.45, 2.75) is 19.4 Å². The number of hydrogen-bond acceptors (Lipinski definition) is 4. The summed E-state index contributed by atoms with van der Waals surface area (Å²) in [7, 11) is 0. The molecule has 0 radical (unpaired) electrons. The van der Waals surface area contributed by atoms with Crippen LogP contribution >= 0.6 is 23.2 Å². The summed E-state index contributed by atoms with van der Waals surface area (Å²) in [6.07, 6.45) is 0. The predicted molar refractivity (Wildman–Crippen MR) is 73.4 cm³/mol.